The third-order valence-electron chi connectivity index (χ3n) is 4.72. The van der Waals surface area contributed by atoms with E-state index in [1.165, 1.54) is 24.7 Å². The number of oxazole rings is 1. The van der Waals surface area contributed by atoms with Crippen molar-refractivity contribution in [2.45, 2.75) is 57.8 Å². The van der Waals surface area contributed by atoms with Gasteiger partial charge in [0, 0.05) is 18.6 Å². The normalized spacial score (nSPS) is 16.7. The summed E-state index contributed by atoms with van der Waals surface area (Å²) in [5.74, 6) is 1.36. The molecule has 0 unspecified atom stereocenters. The largest absolute Gasteiger partial charge is 0.494 e. The van der Waals surface area contributed by atoms with Crippen LogP contribution < -0.4 is 10.1 Å². The molecule has 2 aliphatic carbocycles. The minimum Gasteiger partial charge on any atom is -0.494 e. The number of amides is 1. The Labute approximate surface area is 153 Å². The molecule has 0 radical (unpaired) electrons. The Morgan fingerprint density at radius 2 is 2.00 bits per heavy atom. The molecule has 2 fully saturated rings. The maximum Gasteiger partial charge on any atom is 0.273 e. The molecule has 1 aromatic heterocycles. The summed E-state index contributed by atoms with van der Waals surface area (Å²) >= 11 is 0. The molecule has 0 aliphatic heterocycles. The fourth-order valence-corrected chi connectivity index (χ4v) is 2.99. The molecule has 0 saturated heterocycles. The molecule has 26 heavy (non-hydrogen) atoms. The van der Waals surface area contributed by atoms with Gasteiger partial charge in [-0.15, -0.1) is 0 Å². The van der Waals surface area contributed by atoms with Crippen LogP contribution in [0.2, 0.25) is 0 Å². The highest BCUT2D eigenvalue weighted by Gasteiger charge is 2.30. The quantitative estimate of drug-likeness (QED) is 0.748. The Kier molecular flexibility index (Phi) is 4.93. The van der Waals surface area contributed by atoms with Crippen LogP contribution in [0.1, 0.15) is 54.5 Å². The van der Waals surface area contributed by atoms with Crippen molar-refractivity contribution < 1.29 is 13.9 Å². The minimum absolute atomic E-state index is 0.132. The number of nitrogens with zero attached hydrogens (tertiary/aromatic N) is 2. The molecule has 2 aromatic rings. The van der Waals surface area contributed by atoms with Crippen molar-refractivity contribution in [1.82, 2.24) is 15.2 Å². The van der Waals surface area contributed by atoms with E-state index >= 15 is 0 Å². The van der Waals surface area contributed by atoms with Gasteiger partial charge in [-0.25, -0.2) is 4.98 Å². The summed E-state index contributed by atoms with van der Waals surface area (Å²) in [6.45, 7) is 4.12. The van der Waals surface area contributed by atoms with Gasteiger partial charge in [0.1, 0.15) is 12.0 Å². The first-order valence-corrected chi connectivity index (χ1v) is 9.42. The van der Waals surface area contributed by atoms with E-state index in [-0.39, 0.29) is 5.91 Å². The van der Waals surface area contributed by atoms with Gasteiger partial charge in [-0.05, 0) is 50.3 Å². The lowest BCUT2D eigenvalue weighted by atomic mass is 10.2. The summed E-state index contributed by atoms with van der Waals surface area (Å²) in [6.07, 6.45) is 6.00. The zero-order chi connectivity index (χ0) is 17.9. The lowest BCUT2D eigenvalue weighted by molar-refractivity contribution is 0.0946. The van der Waals surface area contributed by atoms with E-state index in [1.807, 2.05) is 19.1 Å². The number of ether oxygens (including phenoxy) is 1. The lowest BCUT2D eigenvalue weighted by Gasteiger charge is -2.20. The average Bonchev–Trinajstić information content (AvgIpc) is 3.57. The number of hydrogen-bond acceptors (Lipinski definition) is 5. The van der Waals surface area contributed by atoms with Crippen LogP contribution in [0, 0.1) is 0 Å². The molecule has 6 heteroatoms. The van der Waals surface area contributed by atoms with Crippen LogP contribution in [0.25, 0.3) is 0 Å². The molecule has 1 N–H and O–H groups in total. The number of hydrogen-bond donors (Lipinski definition) is 1. The second-order valence-corrected chi connectivity index (χ2v) is 7.09. The monoisotopic (exact) mass is 355 g/mol. The number of rotatable bonds is 9. The first-order valence-electron chi connectivity index (χ1n) is 9.42. The molecule has 0 spiro atoms. The Morgan fingerprint density at radius 3 is 2.65 bits per heavy atom. The van der Waals surface area contributed by atoms with Crippen LogP contribution in [0.5, 0.6) is 5.75 Å². The van der Waals surface area contributed by atoms with Gasteiger partial charge >= 0.3 is 0 Å². The molecule has 1 amide bonds. The van der Waals surface area contributed by atoms with Crippen molar-refractivity contribution in [2.24, 2.45) is 0 Å². The molecule has 1 aromatic carbocycles. The highest BCUT2D eigenvalue weighted by atomic mass is 16.5. The molecule has 0 bridgehead atoms. The number of carbonyl (C=O) groups is 1. The molecule has 1 heterocycles. The summed E-state index contributed by atoms with van der Waals surface area (Å²) in [5.41, 5.74) is 1.61. The van der Waals surface area contributed by atoms with E-state index in [0.717, 1.165) is 25.1 Å². The van der Waals surface area contributed by atoms with E-state index in [1.54, 1.807) is 0 Å². The summed E-state index contributed by atoms with van der Waals surface area (Å²) in [6, 6.07) is 9.11. The Bertz CT molecular complexity index is 748. The number of aromatic nitrogens is 1. The van der Waals surface area contributed by atoms with Crippen LogP contribution in [-0.2, 0) is 13.1 Å². The van der Waals surface area contributed by atoms with Crippen molar-refractivity contribution in [3.05, 3.63) is 47.7 Å². The molecule has 4 rings (SSSR count). The summed E-state index contributed by atoms with van der Waals surface area (Å²) in [4.78, 5) is 18.8. The molecule has 2 saturated carbocycles. The highest BCUT2D eigenvalue weighted by Crippen LogP contribution is 2.30. The summed E-state index contributed by atoms with van der Waals surface area (Å²) < 4.78 is 11.1. The Hall–Kier alpha value is -2.34. The van der Waals surface area contributed by atoms with Gasteiger partial charge in [-0.3, -0.25) is 9.69 Å². The molecule has 0 atom stereocenters. The minimum atomic E-state index is -0.132. The van der Waals surface area contributed by atoms with Gasteiger partial charge in [-0.2, -0.15) is 0 Å². The first-order chi connectivity index (χ1) is 12.7. The van der Waals surface area contributed by atoms with Gasteiger partial charge in [0.05, 0.1) is 13.2 Å². The van der Waals surface area contributed by atoms with E-state index in [2.05, 4.69) is 27.3 Å². The van der Waals surface area contributed by atoms with Gasteiger partial charge in [-0.1, -0.05) is 12.1 Å². The zero-order valence-electron chi connectivity index (χ0n) is 15.1. The topological polar surface area (TPSA) is 67.6 Å². The number of nitrogens with one attached hydrogen (secondary N) is 1. The van der Waals surface area contributed by atoms with Crippen molar-refractivity contribution in [3.63, 3.8) is 0 Å². The van der Waals surface area contributed by atoms with Crippen LogP contribution in [-0.4, -0.2) is 34.5 Å². The number of carbonyl (C=O) groups excluding carboxylic acids is 1. The van der Waals surface area contributed by atoms with Crippen molar-refractivity contribution in [1.29, 1.82) is 0 Å². The summed E-state index contributed by atoms with van der Waals surface area (Å²) in [5, 5.41) is 2.94. The van der Waals surface area contributed by atoms with Crippen LogP contribution in [0.4, 0.5) is 0 Å². The predicted molar refractivity (Wildman–Crippen MR) is 96.9 cm³/mol. The maximum absolute atomic E-state index is 12.1. The second-order valence-electron chi connectivity index (χ2n) is 7.09. The third-order valence-corrected chi connectivity index (χ3v) is 4.72. The van der Waals surface area contributed by atoms with Crippen LogP contribution in [0.15, 0.2) is 34.9 Å². The average molecular weight is 355 g/mol. The van der Waals surface area contributed by atoms with Crippen LogP contribution >= 0.6 is 0 Å². The molecular weight excluding hydrogens is 330 g/mol. The third kappa shape index (κ3) is 4.43. The highest BCUT2D eigenvalue weighted by molar-refractivity contribution is 5.92. The van der Waals surface area contributed by atoms with Gasteiger partial charge in [0.15, 0.2) is 5.69 Å². The standard InChI is InChI=1S/C20H25N3O3/c1-2-25-17-9-3-14(4-10-17)11-23(16-7-8-16)12-19-22-18(13-26-19)20(24)21-15-5-6-15/h3-4,9-10,13,15-16H,2,5-8,11-12H2,1H3,(H,21,24). The molecule has 2 aliphatic rings. The lowest BCUT2D eigenvalue weighted by Crippen LogP contribution is -2.26. The van der Waals surface area contributed by atoms with Crippen molar-refractivity contribution in [2.75, 3.05) is 6.61 Å². The summed E-state index contributed by atoms with van der Waals surface area (Å²) in [7, 11) is 0. The number of benzene rings is 1. The maximum atomic E-state index is 12.1. The fraction of sp³-hybridized carbons (Fsp3) is 0.500. The van der Waals surface area contributed by atoms with Crippen LogP contribution in [0.3, 0.4) is 0 Å². The van der Waals surface area contributed by atoms with Gasteiger partial charge in [0.2, 0.25) is 5.89 Å². The fourth-order valence-electron chi connectivity index (χ4n) is 2.99. The van der Waals surface area contributed by atoms with E-state index in [4.69, 9.17) is 9.15 Å². The van der Waals surface area contributed by atoms with E-state index in [9.17, 15) is 4.79 Å². The Morgan fingerprint density at radius 1 is 1.23 bits per heavy atom. The second kappa shape index (κ2) is 7.50. The van der Waals surface area contributed by atoms with E-state index < -0.39 is 0 Å². The van der Waals surface area contributed by atoms with Crippen molar-refractivity contribution >= 4 is 5.91 Å². The molecule has 6 nitrogen and oxygen atoms in total. The van der Waals surface area contributed by atoms with Gasteiger partial charge in [0.25, 0.3) is 5.91 Å². The molecule has 138 valence electrons. The Balaban J connectivity index is 1.37. The SMILES string of the molecule is CCOc1ccc(CN(Cc2nc(C(=O)NC3CC3)co2)C2CC2)cc1. The first kappa shape index (κ1) is 17.1. The zero-order valence-corrected chi connectivity index (χ0v) is 15.1. The molecular formula is C20H25N3O3. The van der Waals surface area contributed by atoms with Crippen molar-refractivity contribution in [3.8, 4) is 5.75 Å². The van der Waals surface area contributed by atoms with E-state index in [0.29, 0.717) is 36.8 Å². The smallest absolute Gasteiger partial charge is 0.273 e. The predicted octanol–water partition coefficient (Wildman–Crippen LogP) is 3.13. The van der Waals surface area contributed by atoms with Gasteiger partial charge < -0.3 is 14.5 Å².